The number of aromatic nitrogens is 2. The van der Waals surface area contributed by atoms with E-state index in [0.29, 0.717) is 24.3 Å². The molecule has 4 nitrogen and oxygen atoms in total. The van der Waals surface area contributed by atoms with E-state index in [2.05, 4.69) is 29.3 Å². The highest BCUT2D eigenvalue weighted by atomic mass is 16.5. The van der Waals surface area contributed by atoms with Crippen LogP contribution in [0.1, 0.15) is 44.8 Å². The van der Waals surface area contributed by atoms with Gasteiger partial charge in [0.2, 0.25) is 5.89 Å². The zero-order valence-electron chi connectivity index (χ0n) is 10.4. The predicted octanol–water partition coefficient (Wildman–Crippen LogP) is 2.29. The number of nitrogens with one attached hydrogen (secondary N) is 1. The zero-order chi connectivity index (χ0) is 11.5. The second-order valence-corrected chi connectivity index (χ2v) is 5.03. The standard InChI is InChI=1S/C12H21N3O/c1-8-5-4-6-9(2)12(8)13-7-11-14-10(3)15-16-11/h8-9,12-13H,4-7H2,1-3H3. The smallest absolute Gasteiger partial charge is 0.240 e. The van der Waals surface area contributed by atoms with Crippen LogP contribution in [-0.4, -0.2) is 16.2 Å². The van der Waals surface area contributed by atoms with E-state index in [0.717, 1.165) is 11.8 Å². The third-order valence-corrected chi connectivity index (χ3v) is 3.60. The summed E-state index contributed by atoms with van der Waals surface area (Å²) in [6, 6.07) is 0.584. The highest BCUT2D eigenvalue weighted by Crippen LogP contribution is 2.28. The van der Waals surface area contributed by atoms with Crippen LogP contribution in [0.4, 0.5) is 0 Å². The number of hydrogen-bond acceptors (Lipinski definition) is 4. The molecule has 1 saturated carbocycles. The number of nitrogens with zero attached hydrogens (tertiary/aromatic N) is 2. The monoisotopic (exact) mass is 223 g/mol. The molecular formula is C12H21N3O. The van der Waals surface area contributed by atoms with Crippen LogP contribution in [0.3, 0.4) is 0 Å². The molecule has 0 aliphatic heterocycles. The lowest BCUT2D eigenvalue weighted by atomic mass is 9.79. The fraction of sp³-hybridized carbons (Fsp3) is 0.833. The van der Waals surface area contributed by atoms with Crippen LogP contribution in [0, 0.1) is 18.8 Å². The SMILES string of the molecule is Cc1noc(CNC2C(C)CCCC2C)n1. The Labute approximate surface area is 96.8 Å². The van der Waals surface area contributed by atoms with Gasteiger partial charge in [-0.05, 0) is 31.6 Å². The molecule has 1 aromatic rings. The molecule has 1 aromatic heterocycles. The van der Waals surface area contributed by atoms with Gasteiger partial charge in [-0.25, -0.2) is 0 Å². The van der Waals surface area contributed by atoms with Crippen LogP contribution in [0.15, 0.2) is 4.52 Å². The van der Waals surface area contributed by atoms with Crippen molar-refractivity contribution in [3.63, 3.8) is 0 Å². The maximum atomic E-state index is 5.10. The van der Waals surface area contributed by atoms with Crippen molar-refractivity contribution in [1.82, 2.24) is 15.5 Å². The molecule has 2 atom stereocenters. The van der Waals surface area contributed by atoms with Gasteiger partial charge in [-0.2, -0.15) is 4.98 Å². The lowest BCUT2D eigenvalue weighted by molar-refractivity contribution is 0.201. The summed E-state index contributed by atoms with van der Waals surface area (Å²) in [6.07, 6.45) is 4.01. The van der Waals surface area contributed by atoms with E-state index in [1.54, 1.807) is 0 Å². The Balaban J connectivity index is 1.88. The summed E-state index contributed by atoms with van der Waals surface area (Å²) in [5.74, 6) is 2.89. The summed E-state index contributed by atoms with van der Waals surface area (Å²) in [7, 11) is 0. The fourth-order valence-corrected chi connectivity index (χ4v) is 2.70. The maximum absolute atomic E-state index is 5.10. The van der Waals surface area contributed by atoms with Gasteiger partial charge in [-0.1, -0.05) is 25.4 Å². The molecule has 0 radical (unpaired) electrons. The third-order valence-electron chi connectivity index (χ3n) is 3.60. The second kappa shape index (κ2) is 4.95. The number of hydrogen-bond donors (Lipinski definition) is 1. The van der Waals surface area contributed by atoms with Crippen molar-refractivity contribution in [2.75, 3.05) is 0 Å². The Morgan fingerprint density at radius 2 is 2.00 bits per heavy atom. The van der Waals surface area contributed by atoms with Crippen molar-refractivity contribution < 1.29 is 4.52 Å². The quantitative estimate of drug-likeness (QED) is 0.854. The number of aryl methyl sites for hydroxylation is 1. The Bertz CT molecular complexity index is 327. The van der Waals surface area contributed by atoms with Gasteiger partial charge < -0.3 is 9.84 Å². The average Bonchev–Trinajstić information content (AvgIpc) is 2.63. The molecule has 1 fully saturated rings. The van der Waals surface area contributed by atoms with Crippen LogP contribution < -0.4 is 5.32 Å². The Morgan fingerprint density at radius 1 is 1.31 bits per heavy atom. The lowest BCUT2D eigenvalue weighted by Crippen LogP contribution is -2.42. The van der Waals surface area contributed by atoms with E-state index in [4.69, 9.17) is 4.52 Å². The van der Waals surface area contributed by atoms with E-state index in [9.17, 15) is 0 Å². The van der Waals surface area contributed by atoms with Crippen LogP contribution in [-0.2, 0) is 6.54 Å². The molecule has 2 unspecified atom stereocenters. The minimum atomic E-state index is 0.584. The molecule has 0 amide bonds. The van der Waals surface area contributed by atoms with Crippen molar-refractivity contribution >= 4 is 0 Å². The summed E-state index contributed by atoms with van der Waals surface area (Å²) in [6.45, 7) is 7.19. The van der Waals surface area contributed by atoms with Gasteiger partial charge in [0.05, 0.1) is 6.54 Å². The summed E-state index contributed by atoms with van der Waals surface area (Å²) in [4.78, 5) is 4.20. The molecule has 1 aliphatic rings. The summed E-state index contributed by atoms with van der Waals surface area (Å²) in [5, 5.41) is 7.35. The first kappa shape index (κ1) is 11.6. The molecule has 0 saturated heterocycles. The molecule has 16 heavy (non-hydrogen) atoms. The van der Waals surface area contributed by atoms with Gasteiger partial charge in [-0.3, -0.25) is 0 Å². The Hall–Kier alpha value is -0.900. The van der Waals surface area contributed by atoms with Gasteiger partial charge in [-0.15, -0.1) is 0 Å². The summed E-state index contributed by atoms with van der Waals surface area (Å²) >= 11 is 0. The summed E-state index contributed by atoms with van der Waals surface area (Å²) < 4.78 is 5.10. The van der Waals surface area contributed by atoms with Crippen molar-refractivity contribution in [3.05, 3.63) is 11.7 Å². The molecule has 90 valence electrons. The molecule has 0 bridgehead atoms. The van der Waals surface area contributed by atoms with Crippen molar-refractivity contribution in [3.8, 4) is 0 Å². The van der Waals surface area contributed by atoms with E-state index >= 15 is 0 Å². The molecule has 0 aromatic carbocycles. The highest BCUT2D eigenvalue weighted by Gasteiger charge is 2.27. The second-order valence-electron chi connectivity index (χ2n) is 5.03. The van der Waals surface area contributed by atoms with E-state index in [1.165, 1.54) is 19.3 Å². The van der Waals surface area contributed by atoms with Gasteiger partial charge in [0.25, 0.3) is 0 Å². The lowest BCUT2D eigenvalue weighted by Gasteiger charge is -2.35. The largest absolute Gasteiger partial charge is 0.338 e. The Kier molecular flexibility index (Phi) is 3.59. The molecule has 1 aliphatic carbocycles. The minimum absolute atomic E-state index is 0.584. The third kappa shape index (κ3) is 2.61. The van der Waals surface area contributed by atoms with Crippen molar-refractivity contribution in [1.29, 1.82) is 0 Å². The van der Waals surface area contributed by atoms with Gasteiger partial charge in [0.1, 0.15) is 0 Å². The molecule has 1 N–H and O–H groups in total. The average molecular weight is 223 g/mol. The molecule has 1 heterocycles. The van der Waals surface area contributed by atoms with Crippen LogP contribution in [0.25, 0.3) is 0 Å². The molecule has 2 rings (SSSR count). The van der Waals surface area contributed by atoms with Crippen molar-refractivity contribution in [2.45, 2.75) is 52.6 Å². The first-order valence-electron chi connectivity index (χ1n) is 6.19. The van der Waals surface area contributed by atoms with Gasteiger partial charge >= 0.3 is 0 Å². The van der Waals surface area contributed by atoms with Crippen LogP contribution >= 0.6 is 0 Å². The molecule has 0 spiro atoms. The zero-order valence-corrected chi connectivity index (χ0v) is 10.4. The topological polar surface area (TPSA) is 51.0 Å². The first-order valence-corrected chi connectivity index (χ1v) is 6.19. The van der Waals surface area contributed by atoms with Crippen molar-refractivity contribution in [2.24, 2.45) is 11.8 Å². The minimum Gasteiger partial charge on any atom is -0.338 e. The van der Waals surface area contributed by atoms with Crippen LogP contribution in [0.5, 0.6) is 0 Å². The van der Waals surface area contributed by atoms with E-state index < -0.39 is 0 Å². The maximum Gasteiger partial charge on any atom is 0.240 e. The summed E-state index contributed by atoms with van der Waals surface area (Å²) in [5.41, 5.74) is 0. The molecular weight excluding hydrogens is 202 g/mol. The van der Waals surface area contributed by atoms with Gasteiger partial charge in [0, 0.05) is 6.04 Å². The molecule has 4 heteroatoms. The van der Waals surface area contributed by atoms with Crippen LogP contribution in [0.2, 0.25) is 0 Å². The van der Waals surface area contributed by atoms with E-state index in [1.807, 2.05) is 6.92 Å². The highest BCUT2D eigenvalue weighted by molar-refractivity contribution is 4.87. The normalized spacial score (nSPS) is 30.6. The van der Waals surface area contributed by atoms with E-state index in [-0.39, 0.29) is 0 Å². The van der Waals surface area contributed by atoms with Gasteiger partial charge in [0.15, 0.2) is 5.82 Å². The first-order chi connectivity index (χ1) is 7.66. The predicted molar refractivity (Wildman–Crippen MR) is 61.8 cm³/mol. The fourth-order valence-electron chi connectivity index (χ4n) is 2.70. The Morgan fingerprint density at radius 3 is 2.56 bits per heavy atom. The number of rotatable bonds is 3.